The van der Waals surface area contributed by atoms with Gasteiger partial charge in [0.25, 0.3) is 0 Å². The molecule has 2 unspecified atom stereocenters. The molecule has 1 aliphatic carbocycles. The quantitative estimate of drug-likeness (QED) is 0.616. The van der Waals surface area contributed by atoms with Gasteiger partial charge in [-0.3, -0.25) is 0 Å². The van der Waals surface area contributed by atoms with Gasteiger partial charge in [-0.15, -0.1) is 0 Å². The third-order valence-corrected chi connectivity index (χ3v) is 6.85. The van der Waals surface area contributed by atoms with E-state index >= 15 is 0 Å². The molecule has 1 saturated heterocycles. The zero-order valence-electron chi connectivity index (χ0n) is 14.9. The minimum atomic E-state index is 0.0763. The Bertz CT molecular complexity index is 969. The third-order valence-electron chi connectivity index (χ3n) is 6.85. The fourth-order valence-corrected chi connectivity index (χ4v) is 5.61. The van der Waals surface area contributed by atoms with Crippen LogP contribution in [0, 0.1) is 0 Å². The number of fused-ring (bicyclic) bond motifs is 6. The van der Waals surface area contributed by atoms with Crippen LogP contribution in [-0.4, -0.2) is 10.6 Å². The van der Waals surface area contributed by atoms with Crippen molar-refractivity contribution in [3.05, 3.63) is 65.7 Å². The van der Waals surface area contributed by atoms with Gasteiger partial charge in [0.05, 0.1) is 5.54 Å². The maximum Gasteiger partial charge on any atom is 0.110 e. The van der Waals surface area contributed by atoms with E-state index in [1.54, 1.807) is 5.56 Å². The average Bonchev–Trinajstić information content (AvgIpc) is 3.10. The lowest BCUT2D eigenvalue weighted by molar-refractivity contribution is 0.447. The number of hydrogen-bond acceptors (Lipinski definition) is 1. The summed E-state index contributed by atoms with van der Waals surface area (Å²) >= 11 is 0. The molecule has 2 nitrogen and oxygen atoms in total. The Hall–Kier alpha value is -2.22. The number of aromatic nitrogens is 1. The van der Waals surface area contributed by atoms with Crippen molar-refractivity contribution >= 4 is 16.7 Å². The van der Waals surface area contributed by atoms with Crippen LogP contribution in [0.25, 0.3) is 10.9 Å². The van der Waals surface area contributed by atoms with Crippen LogP contribution in [0.15, 0.2) is 54.6 Å². The number of aryl methyl sites for hydroxylation is 1. The molecule has 0 saturated carbocycles. The van der Waals surface area contributed by atoms with E-state index in [1.165, 1.54) is 28.7 Å². The highest BCUT2D eigenvalue weighted by Crippen LogP contribution is 2.61. The van der Waals surface area contributed by atoms with Crippen LogP contribution < -0.4 is 4.90 Å². The second kappa shape index (κ2) is 4.24. The van der Waals surface area contributed by atoms with Crippen molar-refractivity contribution in [2.75, 3.05) is 4.90 Å². The fourth-order valence-electron chi connectivity index (χ4n) is 5.61. The molecule has 24 heavy (non-hydrogen) atoms. The lowest BCUT2D eigenvalue weighted by Gasteiger charge is -2.45. The first-order valence-electron chi connectivity index (χ1n) is 8.91. The molecule has 122 valence electrons. The Morgan fingerprint density at radius 3 is 2.38 bits per heavy atom. The highest BCUT2D eigenvalue weighted by Gasteiger charge is 2.62. The summed E-state index contributed by atoms with van der Waals surface area (Å²) in [5, 5.41) is 1.33. The van der Waals surface area contributed by atoms with Gasteiger partial charge < -0.3 is 9.47 Å². The van der Waals surface area contributed by atoms with E-state index in [2.05, 4.69) is 91.9 Å². The summed E-state index contributed by atoms with van der Waals surface area (Å²) in [6.07, 6.45) is 1.20. The highest BCUT2D eigenvalue weighted by atomic mass is 15.3. The third kappa shape index (κ3) is 1.43. The Balaban J connectivity index is 1.77. The zero-order valence-corrected chi connectivity index (χ0v) is 14.9. The normalized spacial score (nSPS) is 31.0. The van der Waals surface area contributed by atoms with Crippen molar-refractivity contribution in [2.24, 2.45) is 7.05 Å². The smallest absolute Gasteiger partial charge is 0.110 e. The molecule has 3 atom stereocenters. The molecule has 0 radical (unpaired) electrons. The summed E-state index contributed by atoms with van der Waals surface area (Å²) in [7, 11) is 2.20. The molecule has 5 rings (SSSR count). The van der Waals surface area contributed by atoms with E-state index in [-0.39, 0.29) is 11.0 Å². The predicted molar refractivity (Wildman–Crippen MR) is 101 cm³/mol. The Morgan fingerprint density at radius 1 is 0.958 bits per heavy atom. The van der Waals surface area contributed by atoms with Gasteiger partial charge in [-0.1, -0.05) is 49.4 Å². The van der Waals surface area contributed by atoms with Crippen LogP contribution in [0.1, 0.15) is 38.3 Å². The Kier molecular flexibility index (Phi) is 2.50. The van der Waals surface area contributed by atoms with Gasteiger partial charge in [-0.25, -0.2) is 0 Å². The number of anilines is 1. The molecule has 3 aromatic rings. The molecule has 0 spiro atoms. The summed E-state index contributed by atoms with van der Waals surface area (Å²) in [6.45, 7) is 7.28. The number of rotatable bonds is 1. The van der Waals surface area contributed by atoms with Crippen molar-refractivity contribution in [1.82, 2.24) is 4.57 Å². The summed E-state index contributed by atoms with van der Waals surface area (Å²) in [6, 6.07) is 20.6. The molecular weight excluding hydrogens is 292 g/mol. The second-order valence-electron chi connectivity index (χ2n) is 8.08. The topological polar surface area (TPSA) is 8.17 Å². The van der Waals surface area contributed by atoms with E-state index in [9.17, 15) is 0 Å². The Morgan fingerprint density at radius 2 is 1.62 bits per heavy atom. The average molecular weight is 316 g/mol. The number of nitrogens with zero attached hydrogens (tertiary/aromatic N) is 2. The van der Waals surface area contributed by atoms with Gasteiger partial charge in [-0.05, 0) is 43.5 Å². The molecular formula is C22H24N2. The largest absolute Gasteiger partial charge is 0.345 e. The van der Waals surface area contributed by atoms with Gasteiger partial charge in [0.15, 0.2) is 0 Å². The van der Waals surface area contributed by atoms with Gasteiger partial charge in [0.1, 0.15) is 5.82 Å². The number of benzene rings is 2. The summed E-state index contributed by atoms with van der Waals surface area (Å²) < 4.78 is 2.36. The first-order valence-corrected chi connectivity index (χ1v) is 8.91. The molecule has 2 heteroatoms. The molecule has 0 N–H and O–H groups in total. The molecule has 2 bridgehead atoms. The summed E-state index contributed by atoms with van der Waals surface area (Å²) in [5.74, 6) is 1.34. The van der Waals surface area contributed by atoms with Crippen LogP contribution in [-0.2, 0) is 18.0 Å². The molecule has 2 aliphatic rings. The molecule has 2 aromatic carbocycles. The lowest BCUT2D eigenvalue weighted by Crippen LogP contribution is -2.49. The van der Waals surface area contributed by atoms with Crippen LogP contribution >= 0.6 is 0 Å². The van der Waals surface area contributed by atoms with E-state index in [0.29, 0.717) is 6.04 Å². The lowest BCUT2D eigenvalue weighted by atomic mass is 9.78. The maximum absolute atomic E-state index is 2.68. The van der Waals surface area contributed by atoms with E-state index in [1.807, 2.05) is 0 Å². The summed E-state index contributed by atoms with van der Waals surface area (Å²) in [4.78, 5) is 2.68. The first kappa shape index (κ1) is 14.2. The molecule has 1 aliphatic heterocycles. The van der Waals surface area contributed by atoms with Crippen LogP contribution in [0.4, 0.5) is 5.82 Å². The number of para-hydroxylation sites is 1. The predicted octanol–water partition coefficient (Wildman–Crippen LogP) is 4.96. The fraction of sp³-hybridized carbons (Fsp3) is 0.364. The van der Waals surface area contributed by atoms with Crippen molar-refractivity contribution in [1.29, 1.82) is 0 Å². The van der Waals surface area contributed by atoms with Gasteiger partial charge in [-0.2, -0.15) is 0 Å². The van der Waals surface area contributed by atoms with Crippen LogP contribution in [0.3, 0.4) is 0 Å². The number of hydrogen-bond donors (Lipinski definition) is 0. The zero-order chi connectivity index (χ0) is 16.7. The molecule has 1 fully saturated rings. The van der Waals surface area contributed by atoms with Gasteiger partial charge >= 0.3 is 0 Å². The maximum atomic E-state index is 2.68. The van der Waals surface area contributed by atoms with Crippen molar-refractivity contribution in [3.63, 3.8) is 0 Å². The highest BCUT2D eigenvalue weighted by molar-refractivity contribution is 5.86. The van der Waals surface area contributed by atoms with Crippen molar-refractivity contribution in [2.45, 2.75) is 44.2 Å². The molecule has 2 heterocycles. The molecule has 1 aromatic heterocycles. The van der Waals surface area contributed by atoms with Crippen LogP contribution in [0.2, 0.25) is 0 Å². The molecule has 0 amide bonds. The van der Waals surface area contributed by atoms with Crippen LogP contribution in [0.5, 0.6) is 0 Å². The second-order valence-corrected chi connectivity index (χ2v) is 8.08. The summed E-state index contributed by atoms with van der Waals surface area (Å²) in [5.41, 5.74) is 4.67. The SMILES string of the molecule is C[C@@H]1N(c2cc3ccccc3n2C)C2(C)CC1(C)c1ccccc12. The monoisotopic (exact) mass is 316 g/mol. The van der Waals surface area contributed by atoms with E-state index in [0.717, 1.165) is 0 Å². The first-order chi connectivity index (χ1) is 11.5. The van der Waals surface area contributed by atoms with E-state index < -0.39 is 0 Å². The van der Waals surface area contributed by atoms with Gasteiger partial charge in [0.2, 0.25) is 0 Å². The Labute approximate surface area is 143 Å². The van der Waals surface area contributed by atoms with Gasteiger partial charge in [0, 0.05) is 29.4 Å². The standard InChI is InChI=1S/C22H24N2/c1-15-21(2)14-22(3,18-11-7-6-10-17(18)21)24(15)20-13-16-9-5-8-12-19(16)23(20)4/h5-13,15H,14H2,1-4H3/t15-,21?,22?/m0/s1. The van der Waals surface area contributed by atoms with Crippen molar-refractivity contribution in [3.8, 4) is 0 Å². The minimum Gasteiger partial charge on any atom is -0.345 e. The minimum absolute atomic E-state index is 0.0763. The van der Waals surface area contributed by atoms with E-state index in [4.69, 9.17) is 0 Å². The van der Waals surface area contributed by atoms with Crippen molar-refractivity contribution < 1.29 is 0 Å².